The summed E-state index contributed by atoms with van der Waals surface area (Å²) in [6, 6.07) is 0. The van der Waals surface area contributed by atoms with E-state index in [4.69, 9.17) is 5.14 Å². The van der Waals surface area contributed by atoms with Crippen LogP contribution in [-0.4, -0.2) is 34.9 Å². The third-order valence-electron chi connectivity index (χ3n) is 1.94. The highest BCUT2D eigenvalue weighted by Crippen LogP contribution is 1.95. The Morgan fingerprint density at radius 2 is 1.62 bits per heavy atom. The van der Waals surface area contributed by atoms with Crippen LogP contribution in [0.3, 0.4) is 0 Å². The third-order valence-corrected chi connectivity index (χ3v) is 4.27. The fraction of sp³-hybridized carbons (Fsp3) is 1.00. The van der Waals surface area contributed by atoms with Gasteiger partial charge in [-0.3, -0.25) is 0 Å². The average molecular weight is 272 g/mol. The molecule has 0 fully saturated rings. The Kier molecular flexibility index (Phi) is 7.12. The molecule has 98 valence electrons. The van der Waals surface area contributed by atoms with Crippen molar-refractivity contribution in [2.75, 3.05) is 18.1 Å². The largest absolute Gasteiger partial charge is 0.229 e. The summed E-state index contributed by atoms with van der Waals surface area (Å²) >= 11 is 0. The molecule has 0 aliphatic heterocycles. The summed E-state index contributed by atoms with van der Waals surface area (Å²) in [6.07, 6.45) is 2.30. The first-order valence-electron chi connectivity index (χ1n) is 5.24. The SMILES string of the molecule is CCCCS(=O)(=O)NCCCCS(N)(=O)=O. The molecule has 0 amide bonds. The molecule has 0 aromatic carbocycles. The molecule has 0 aromatic heterocycles. The molecule has 0 atom stereocenters. The van der Waals surface area contributed by atoms with Crippen LogP contribution in [0.1, 0.15) is 32.6 Å². The van der Waals surface area contributed by atoms with Crippen molar-refractivity contribution >= 4 is 20.0 Å². The highest BCUT2D eigenvalue weighted by atomic mass is 32.2. The van der Waals surface area contributed by atoms with E-state index in [0.717, 1.165) is 6.42 Å². The normalized spacial score (nSPS) is 12.9. The number of hydrogen-bond acceptors (Lipinski definition) is 4. The number of primary sulfonamides is 1. The Morgan fingerprint density at radius 1 is 1.00 bits per heavy atom. The van der Waals surface area contributed by atoms with E-state index in [0.29, 0.717) is 19.3 Å². The van der Waals surface area contributed by atoms with Crippen LogP contribution >= 0.6 is 0 Å². The topological polar surface area (TPSA) is 106 Å². The molecule has 8 heteroatoms. The van der Waals surface area contributed by atoms with Crippen LogP contribution in [0.5, 0.6) is 0 Å². The Morgan fingerprint density at radius 3 is 2.12 bits per heavy atom. The van der Waals surface area contributed by atoms with E-state index in [1.165, 1.54) is 0 Å². The van der Waals surface area contributed by atoms with Gasteiger partial charge in [-0.25, -0.2) is 26.7 Å². The van der Waals surface area contributed by atoms with Crippen molar-refractivity contribution in [2.45, 2.75) is 32.6 Å². The lowest BCUT2D eigenvalue weighted by atomic mass is 10.3. The van der Waals surface area contributed by atoms with E-state index in [2.05, 4.69) is 4.72 Å². The average Bonchev–Trinajstić information content (AvgIpc) is 2.12. The molecule has 6 nitrogen and oxygen atoms in total. The summed E-state index contributed by atoms with van der Waals surface area (Å²) in [6.45, 7) is 2.18. The van der Waals surface area contributed by atoms with Gasteiger partial charge in [0.1, 0.15) is 0 Å². The predicted octanol–water partition coefficient (Wildman–Crippen LogP) is -0.225. The Bertz CT molecular complexity index is 375. The summed E-state index contributed by atoms with van der Waals surface area (Å²) in [5, 5.41) is 4.80. The molecule has 0 unspecified atom stereocenters. The lowest BCUT2D eigenvalue weighted by molar-refractivity contribution is 0.574. The van der Waals surface area contributed by atoms with Crippen LogP contribution in [0, 0.1) is 0 Å². The molecular formula is C8H20N2O4S2. The van der Waals surface area contributed by atoms with Gasteiger partial charge in [0.25, 0.3) is 0 Å². The standard InChI is InChI=1S/C8H20N2O4S2/c1-2-3-8-16(13,14)10-6-4-5-7-15(9,11)12/h10H,2-8H2,1H3,(H2,9,11,12). The molecule has 0 aliphatic carbocycles. The minimum absolute atomic E-state index is 0.107. The number of rotatable bonds is 9. The van der Waals surface area contributed by atoms with Gasteiger partial charge in [-0.1, -0.05) is 13.3 Å². The smallest absolute Gasteiger partial charge is 0.211 e. The maximum absolute atomic E-state index is 11.3. The van der Waals surface area contributed by atoms with Crippen LogP contribution in [0.15, 0.2) is 0 Å². The second-order valence-corrected chi connectivity index (χ2v) is 7.30. The van der Waals surface area contributed by atoms with Crippen molar-refractivity contribution in [1.29, 1.82) is 0 Å². The Labute approximate surface area is 97.7 Å². The highest BCUT2D eigenvalue weighted by molar-refractivity contribution is 7.89. The lowest BCUT2D eigenvalue weighted by Crippen LogP contribution is -2.27. The van der Waals surface area contributed by atoms with Crippen LogP contribution in [-0.2, 0) is 20.0 Å². The molecule has 0 spiro atoms. The van der Waals surface area contributed by atoms with E-state index in [1.54, 1.807) is 0 Å². The van der Waals surface area contributed by atoms with Gasteiger partial charge in [0.2, 0.25) is 20.0 Å². The van der Waals surface area contributed by atoms with Crippen molar-refractivity contribution in [2.24, 2.45) is 5.14 Å². The first-order valence-corrected chi connectivity index (χ1v) is 8.61. The van der Waals surface area contributed by atoms with Gasteiger partial charge in [0, 0.05) is 6.54 Å². The first kappa shape index (κ1) is 15.8. The minimum Gasteiger partial charge on any atom is -0.229 e. The van der Waals surface area contributed by atoms with Gasteiger partial charge in [-0.05, 0) is 19.3 Å². The van der Waals surface area contributed by atoms with E-state index in [1.807, 2.05) is 6.92 Å². The van der Waals surface area contributed by atoms with E-state index < -0.39 is 20.0 Å². The molecule has 3 N–H and O–H groups in total. The van der Waals surface area contributed by atoms with Gasteiger partial charge in [0.05, 0.1) is 11.5 Å². The number of unbranched alkanes of at least 4 members (excludes halogenated alkanes) is 2. The Balaban J connectivity index is 3.66. The van der Waals surface area contributed by atoms with Crippen LogP contribution in [0.25, 0.3) is 0 Å². The minimum atomic E-state index is -3.43. The number of nitrogens with two attached hydrogens (primary N) is 1. The van der Waals surface area contributed by atoms with E-state index in [-0.39, 0.29) is 18.1 Å². The molecule has 0 aliphatic rings. The lowest BCUT2D eigenvalue weighted by Gasteiger charge is -2.05. The van der Waals surface area contributed by atoms with Crippen molar-refractivity contribution in [3.63, 3.8) is 0 Å². The zero-order valence-electron chi connectivity index (χ0n) is 9.48. The zero-order chi connectivity index (χ0) is 12.7. The summed E-state index contributed by atoms with van der Waals surface area (Å²) in [7, 11) is -6.62. The fourth-order valence-electron chi connectivity index (χ4n) is 1.06. The molecule has 0 aromatic rings. The highest BCUT2D eigenvalue weighted by Gasteiger charge is 2.08. The first-order chi connectivity index (χ1) is 7.27. The second-order valence-electron chi connectivity index (χ2n) is 3.64. The summed E-state index contributed by atoms with van der Waals surface area (Å²) in [4.78, 5) is 0. The van der Waals surface area contributed by atoms with Crippen molar-refractivity contribution in [1.82, 2.24) is 4.72 Å². The van der Waals surface area contributed by atoms with Gasteiger partial charge in [0.15, 0.2) is 0 Å². The van der Waals surface area contributed by atoms with Crippen LogP contribution in [0.2, 0.25) is 0 Å². The molecule has 0 saturated heterocycles. The van der Waals surface area contributed by atoms with E-state index in [9.17, 15) is 16.8 Å². The zero-order valence-corrected chi connectivity index (χ0v) is 11.1. The molecule has 0 saturated carbocycles. The molecule has 16 heavy (non-hydrogen) atoms. The molecule has 0 rings (SSSR count). The van der Waals surface area contributed by atoms with Gasteiger partial charge < -0.3 is 0 Å². The number of hydrogen-bond donors (Lipinski definition) is 2. The van der Waals surface area contributed by atoms with Crippen molar-refractivity contribution < 1.29 is 16.8 Å². The number of nitrogens with one attached hydrogen (secondary N) is 1. The quantitative estimate of drug-likeness (QED) is 0.566. The van der Waals surface area contributed by atoms with Gasteiger partial charge >= 0.3 is 0 Å². The molecule has 0 radical (unpaired) electrons. The maximum atomic E-state index is 11.3. The Hall–Kier alpha value is -0.180. The predicted molar refractivity (Wildman–Crippen MR) is 63.9 cm³/mol. The third kappa shape index (κ3) is 10.3. The van der Waals surface area contributed by atoms with Gasteiger partial charge in [-0.2, -0.15) is 0 Å². The fourth-order valence-corrected chi connectivity index (χ4v) is 2.94. The summed E-state index contributed by atoms with van der Waals surface area (Å²) in [5.41, 5.74) is 0. The van der Waals surface area contributed by atoms with Crippen molar-refractivity contribution in [3.05, 3.63) is 0 Å². The number of sulfonamides is 2. The summed E-state index contributed by atoms with van der Waals surface area (Å²) < 4.78 is 46.2. The van der Waals surface area contributed by atoms with Crippen LogP contribution < -0.4 is 9.86 Å². The monoisotopic (exact) mass is 272 g/mol. The molecular weight excluding hydrogens is 252 g/mol. The van der Waals surface area contributed by atoms with Gasteiger partial charge in [-0.15, -0.1) is 0 Å². The molecule has 0 heterocycles. The summed E-state index contributed by atoms with van der Waals surface area (Å²) in [5.74, 6) is 0.0162. The maximum Gasteiger partial charge on any atom is 0.211 e. The van der Waals surface area contributed by atoms with E-state index >= 15 is 0 Å². The van der Waals surface area contributed by atoms with Crippen molar-refractivity contribution in [3.8, 4) is 0 Å². The van der Waals surface area contributed by atoms with Crippen LogP contribution in [0.4, 0.5) is 0 Å². The molecule has 0 bridgehead atoms. The second kappa shape index (κ2) is 7.21.